The van der Waals surface area contributed by atoms with Crippen LogP contribution in [0.15, 0.2) is 53.3 Å². The minimum atomic E-state index is -0.766. The molecule has 3 rings (SSSR count). The first-order valence-corrected chi connectivity index (χ1v) is 5.92. The number of rotatable bonds is 1. The van der Waals surface area contributed by atoms with Crippen molar-refractivity contribution in [2.75, 3.05) is 5.73 Å². The highest BCUT2D eigenvalue weighted by molar-refractivity contribution is 5.88. The molecule has 100 valence electrons. The summed E-state index contributed by atoms with van der Waals surface area (Å²) in [7, 11) is 0. The zero-order valence-corrected chi connectivity index (χ0v) is 10.4. The van der Waals surface area contributed by atoms with Crippen LogP contribution in [0.3, 0.4) is 0 Å². The number of H-pyrrole nitrogens is 1. The minimum Gasteiger partial charge on any atom is -0.410 e. The van der Waals surface area contributed by atoms with Crippen molar-refractivity contribution >= 4 is 22.8 Å². The van der Waals surface area contributed by atoms with Gasteiger partial charge in [0.1, 0.15) is 5.75 Å². The Morgan fingerprint density at radius 1 is 1.15 bits per heavy atom. The quantitative estimate of drug-likeness (QED) is 0.661. The maximum Gasteiger partial charge on any atom is 0.428 e. The van der Waals surface area contributed by atoms with Gasteiger partial charge in [-0.25, -0.2) is 9.59 Å². The normalized spacial score (nSPS) is 10.6. The van der Waals surface area contributed by atoms with Crippen LogP contribution in [0.1, 0.15) is 0 Å². The van der Waals surface area contributed by atoms with E-state index in [1.54, 1.807) is 48.5 Å². The molecule has 6 heteroatoms. The Kier molecular flexibility index (Phi) is 2.76. The van der Waals surface area contributed by atoms with Crippen molar-refractivity contribution in [2.24, 2.45) is 0 Å². The van der Waals surface area contributed by atoms with Gasteiger partial charge in [-0.15, -0.1) is 0 Å². The zero-order chi connectivity index (χ0) is 14.1. The third-order valence-corrected chi connectivity index (χ3v) is 2.84. The molecule has 0 atom stereocenters. The molecule has 2 aromatic carbocycles. The number of carbonyl (C=O) groups is 1. The molecular formula is C14H11N3O3. The fourth-order valence-corrected chi connectivity index (χ4v) is 1.95. The Labute approximate surface area is 113 Å². The molecule has 1 heterocycles. The molecule has 0 fully saturated rings. The predicted octanol–water partition coefficient (Wildman–Crippen LogP) is 1.96. The number of nitrogens with one attached hydrogen (secondary N) is 1. The topological polar surface area (TPSA) is 90.1 Å². The van der Waals surface area contributed by atoms with Crippen LogP contribution in [0.25, 0.3) is 11.0 Å². The SMILES string of the molecule is Nc1ccc2c(c1)[nH]c(=O)n2C(=O)Oc1ccccc1. The number of aromatic nitrogens is 2. The van der Waals surface area contributed by atoms with Crippen LogP contribution in [0, 0.1) is 0 Å². The first-order valence-electron chi connectivity index (χ1n) is 5.92. The Balaban J connectivity index is 2.04. The fraction of sp³-hybridized carbons (Fsp3) is 0. The number of benzene rings is 2. The van der Waals surface area contributed by atoms with Gasteiger partial charge in [-0.2, -0.15) is 4.57 Å². The first kappa shape index (κ1) is 12.0. The molecule has 1 aromatic heterocycles. The Hall–Kier alpha value is -3.02. The average Bonchev–Trinajstić information content (AvgIpc) is 2.74. The molecule has 3 aromatic rings. The van der Waals surface area contributed by atoms with Gasteiger partial charge in [-0.05, 0) is 30.3 Å². The smallest absolute Gasteiger partial charge is 0.410 e. The highest BCUT2D eigenvalue weighted by Gasteiger charge is 2.15. The van der Waals surface area contributed by atoms with Crippen molar-refractivity contribution in [3.8, 4) is 5.75 Å². The molecule has 0 radical (unpaired) electrons. The van der Waals surface area contributed by atoms with E-state index in [1.165, 1.54) is 0 Å². The van der Waals surface area contributed by atoms with Gasteiger partial charge in [0.25, 0.3) is 0 Å². The van der Waals surface area contributed by atoms with Gasteiger partial charge in [0, 0.05) is 5.69 Å². The number of fused-ring (bicyclic) bond motifs is 1. The number of nitrogens with zero attached hydrogens (tertiary/aromatic N) is 1. The average molecular weight is 269 g/mol. The molecule has 0 aliphatic heterocycles. The first-order chi connectivity index (χ1) is 9.65. The molecule has 0 saturated carbocycles. The molecule has 6 nitrogen and oxygen atoms in total. The summed E-state index contributed by atoms with van der Waals surface area (Å²) < 4.78 is 6.08. The Morgan fingerprint density at radius 2 is 1.90 bits per heavy atom. The second-order valence-corrected chi connectivity index (χ2v) is 4.22. The number of ether oxygens (including phenoxy) is 1. The summed E-state index contributed by atoms with van der Waals surface area (Å²) in [4.78, 5) is 26.5. The molecule has 0 bridgehead atoms. The second kappa shape index (κ2) is 4.58. The summed E-state index contributed by atoms with van der Waals surface area (Å²) in [5.41, 5.74) is 6.48. The molecular weight excluding hydrogens is 258 g/mol. The lowest BCUT2D eigenvalue weighted by atomic mass is 10.3. The van der Waals surface area contributed by atoms with Gasteiger partial charge >= 0.3 is 11.8 Å². The van der Waals surface area contributed by atoms with Crippen molar-refractivity contribution in [3.63, 3.8) is 0 Å². The Bertz CT molecular complexity index is 834. The number of nitrogens with two attached hydrogens (primary N) is 1. The summed E-state index contributed by atoms with van der Waals surface area (Å²) in [5.74, 6) is 0.370. The standard InChI is InChI=1S/C14H11N3O3/c15-9-6-7-12-11(8-9)16-13(18)17(12)14(19)20-10-4-2-1-3-5-10/h1-8H,15H2,(H,16,18). The van der Waals surface area contributed by atoms with Gasteiger partial charge in [0.15, 0.2) is 0 Å². The van der Waals surface area contributed by atoms with E-state index in [4.69, 9.17) is 10.5 Å². The van der Waals surface area contributed by atoms with Crippen molar-refractivity contribution in [2.45, 2.75) is 0 Å². The molecule has 20 heavy (non-hydrogen) atoms. The van der Waals surface area contributed by atoms with Gasteiger partial charge in [-0.3, -0.25) is 0 Å². The zero-order valence-electron chi connectivity index (χ0n) is 10.4. The predicted molar refractivity (Wildman–Crippen MR) is 74.8 cm³/mol. The molecule has 0 saturated heterocycles. The maximum atomic E-state index is 12.1. The van der Waals surface area contributed by atoms with Crippen LogP contribution < -0.4 is 16.2 Å². The van der Waals surface area contributed by atoms with Gasteiger partial charge in [0.2, 0.25) is 0 Å². The van der Waals surface area contributed by atoms with E-state index in [0.717, 1.165) is 4.57 Å². The molecule has 0 amide bonds. The number of carbonyl (C=O) groups excluding carboxylic acids is 1. The summed E-state index contributed by atoms with van der Waals surface area (Å²) in [5, 5.41) is 0. The van der Waals surface area contributed by atoms with E-state index in [1.807, 2.05) is 0 Å². The van der Waals surface area contributed by atoms with E-state index in [2.05, 4.69) is 4.98 Å². The molecule has 0 spiro atoms. The monoisotopic (exact) mass is 269 g/mol. The lowest BCUT2D eigenvalue weighted by Gasteiger charge is -2.04. The second-order valence-electron chi connectivity index (χ2n) is 4.22. The van der Waals surface area contributed by atoms with Crippen LogP contribution in [0.4, 0.5) is 10.5 Å². The van der Waals surface area contributed by atoms with E-state index < -0.39 is 11.8 Å². The molecule has 0 aliphatic rings. The highest BCUT2D eigenvalue weighted by atomic mass is 16.6. The van der Waals surface area contributed by atoms with Crippen LogP contribution in [0.2, 0.25) is 0 Å². The van der Waals surface area contributed by atoms with E-state index in [0.29, 0.717) is 22.5 Å². The lowest BCUT2D eigenvalue weighted by Crippen LogP contribution is -2.27. The number of para-hydroxylation sites is 1. The number of aromatic amines is 1. The largest absolute Gasteiger partial charge is 0.428 e. The van der Waals surface area contributed by atoms with Crippen molar-refractivity contribution in [1.82, 2.24) is 9.55 Å². The number of hydrogen-bond acceptors (Lipinski definition) is 4. The number of nitrogen functional groups attached to an aromatic ring is 1. The van der Waals surface area contributed by atoms with Crippen LogP contribution >= 0.6 is 0 Å². The Morgan fingerprint density at radius 3 is 2.65 bits per heavy atom. The van der Waals surface area contributed by atoms with Crippen LogP contribution in [-0.2, 0) is 0 Å². The summed E-state index contributed by atoms with van der Waals surface area (Å²) in [6.45, 7) is 0. The van der Waals surface area contributed by atoms with Gasteiger partial charge < -0.3 is 15.5 Å². The molecule has 0 unspecified atom stereocenters. The van der Waals surface area contributed by atoms with E-state index >= 15 is 0 Å². The maximum absolute atomic E-state index is 12.1. The molecule has 3 N–H and O–H groups in total. The lowest BCUT2D eigenvalue weighted by molar-refractivity contribution is 0.202. The van der Waals surface area contributed by atoms with Crippen molar-refractivity contribution in [1.29, 1.82) is 0 Å². The number of anilines is 1. The van der Waals surface area contributed by atoms with Crippen LogP contribution in [0.5, 0.6) is 5.75 Å². The van der Waals surface area contributed by atoms with Gasteiger partial charge in [-0.1, -0.05) is 18.2 Å². The van der Waals surface area contributed by atoms with Crippen molar-refractivity contribution in [3.05, 3.63) is 59.0 Å². The highest BCUT2D eigenvalue weighted by Crippen LogP contribution is 2.15. The minimum absolute atomic E-state index is 0.370. The summed E-state index contributed by atoms with van der Waals surface area (Å²) in [6, 6.07) is 13.3. The number of imidazole rings is 1. The summed E-state index contributed by atoms with van der Waals surface area (Å²) >= 11 is 0. The van der Waals surface area contributed by atoms with E-state index in [-0.39, 0.29) is 0 Å². The third kappa shape index (κ3) is 2.03. The molecule has 0 aliphatic carbocycles. The third-order valence-electron chi connectivity index (χ3n) is 2.84. The summed E-state index contributed by atoms with van der Waals surface area (Å²) in [6.07, 6.45) is -0.766. The fourth-order valence-electron chi connectivity index (χ4n) is 1.95. The van der Waals surface area contributed by atoms with Gasteiger partial charge in [0.05, 0.1) is 11.0 Å². The van der Waals surface area contributed by atoms with Crippen molar-refractivity contribution < 1.29 is 9.53 Å². The van der Waals surface area contributed by atoms with Crippen LogP contribution in [-0.4, -0.2) is 15.6 Å². The van der Waals surface area contributed by atoms with E-state index in [9.17, 15) is 9.59 Å². The number of hydrogen-bond donors (Lipinski definition) is 2.